The van der Waals surface area contributed by atoms with Gasteiger partial charge in [0.05, 0.1) is 10.4 Å². The van der Waals surface area contributed by atoms with Crippen LogP contribution in [0.3, 0.4) is 0 Å². The van der Waals surface area contributed by atoms with E-state index in [9.17, 15) is 13.2 Å². The fraction of sp³-hybridized carbons (Fsp3) is 0.364. The fourth-order valence-corrected chi connectivity index (χ4v) is 3.08. The van der Waals surface area contributed by atoms with E-state index < -0.39 is 21.4 Å². The van der Waals surface area contributed by atoms with Crippen molar-refractivity contribution in [2.24, 2.45) is 5.41 Å². The second kappa shape index (κ2) is 5.66. The summed E-state index contributed by atoms with van der Waals surface area (Å²) in [5, 5.41) is 9.17. The standard InChI is InChI=1S/C11H13Cl2NO4S/c1-11(2,10(15)16)6-14-19(17,18)9-5-7(12)3-4-8(9)13/h3-5,14H,6H2,1-2H3,(H,15,16). The van der Waals surface area contributed by atoms with Crippen molar-refractivity contribution in [2.45, 2.75) is 18.7 Å². The molecule has 0 amide bonds. The molecule has 0 aliphatic heterocycles. The summed E-state index contributed by atoms with van der Waals surface area (Å²) in [6.07, 6.45) is 0. The smallest absolute Gasteiger partial charge is 0.310 e. The summed E-state index contributed by atoms with van der Waals surface area (Å²) in [6, 6.07) is 4.03. The van der Waals surface area contributed by atoms with Crippen LogP contribution >= 0.6 is 23.2 Å². The van der Waals surface area contributed by atoms with Crippen molar-refractivity contribution in [3.8, 4) is 0 Å². The Bertz CT molecular complexity index is 599. The Morgan fingerprint density at radius 2 is 1.95 bits per heavy atom. The first-order valence-electron chi connectivity index (χ1n) is 5.24. The molecule has 0 aliphatic rings. The van der Waals surface area contributed by atoms with Crippen LogP contribution in [0.4, 0.5) is 0 Å². The average molecular weight is 326 g/mol. The molecule has 0 saturated heterocycles. The molecular weight excluding hydrogens is 313 g/mol. The van der Waals surface area contributed by atoms with Crippen molar-refractivity contribution in [2.75, 3.05) is 6.54 Å². The number of nitrogens with one attached hydrogen (secondary N) is 1. The zero-order valence-corrected chi connectivity index (χ0v) is 12.6. The number of hydrogen-bond acceptors (Lipinski definition) is 3. The van der Waals surface area contributed by atoms with Gasteiger partial charge in [-0.1, -0.05) is 23.2 Å². The minimum atomic E-state index is -3.91. The van der Waals surface area contributed by atoms with E-state index in [0.29, 0.717) is 0 Å². The van der Waals surface area contributed by atoms with E-state index in [1.54, 1.807) is 0 Å². The normalized spacial score (nSPS) is 12.4. The quantitative estimate of drug-likeness (QED) is 0.870. The minimum Gasteiger partial charge on any atom is -0.481 e. The van der Waals surface area contributed by atoms with Gasteiger partial charge in [0.1, 0.15) is 4.90 Å². The van der Waals surface area contributed by atoms with Crippen molar-refractivity contribution in [1.29, 1.82) is 0 Å². The van der Waals surface area contributed by atoms with E-state index in [0.717, 1.165) is 0 Å². The minimum absolute atomic E-state index is 0.0185. The van der Waals surface area contributed by atoms with Crippen LogP contribution in [0.15, 0.2) is 23.1 Å². The van der Waals surface area contributed by atoms with Crippen LogP contribution in [0.25, 0.3) is 0 Å². The van der Waals surface area contributed by atoms with Crippen LogP contribution in [0.5, 0.6) is 0 Å². The first kappa shape index (κ1) is 16.2. The molecule has 0 spiro atoms. The van der Waals surface area contributed by atoms with Gasteiger partial charge in [-0.3, -0.25) is 4.79 Å². The van der Waals surface area contributed by atoms with Gasteiger partial charge in [0.2, 0.25) is 10.0 Å². The Hall–Kier alpha value is -0.820. The molecule has 0 aromatic heterocycles. The predicted molar refractivity (Wildman–Crippen MR) is 73.1 cm³/mol. The maximum Gasteiger partial charge on any atom is 0.310 e. The zero-order valence-electron chi connectivity index (χ0n) is 10.3. The Kier molecular flexibility index (Phi) is 4.84. The van der Waals surface area contributed by atoms with Crippen LogP contribution < -0.4 is 4.72 Å². The number of benzene rings is 1. The van der Waals surface area contributed by atoms with Crippen molar-refractivity contribution in [3.63, 3.8) is 0 Å². The van der Waals surface area contributed by atoms with Crippen LogP contribution in [-0.4, -0.2) is 26.0 Å². The lowest BCUT2D eigenvalue weighted by molar-refractivity contribution is -0.146. The molecule has 8 heteroatoms. The van der Waals surface area contributed by atoms with E-state index in [2.05, 4.69) is 4.72 Å². The van der Waals surface area contributed by atoms with Gasteiger partial charge < -0.3 is 5.11 Å². The molecule has 1 rings (SSSR count). The Morgan fingerprint density at radius 3 is 2.47 bits per heavy atom. The zero-order chi connectivity index (χ0) is 14.8. The molecule has 0 fully saturated rings. The lowest BCUT2D eigenvalue weighted by atomic mass is 9.95. The molecule has 106 valence electrons. The second-order valence-electron chi connectivity index (χ2n) is 4.59. The molecule has 5 nitrogen and oxygen atoms in total. The van der Waals surface area contributed by atoms with Gasteiger partial charge in [-0.05, 0) is 32.0 Å². The molecule has 1 aromatic rings. The molecule has 0 heterocycles. The van der Waals surface area contributed by atoms with Gasteiger partial charge in [0, 0.05) is 11.6 Å². The van der Waals surface area contributed by atoms with Crippen molar-refractivity contribution in [1.82, 2.24) is 4.72 Å². The third-order valence-corrected chi connectivity index (χ3v) is 4.58. The van der Waals surface area contributed by atoms with Gasteiger partial charge in [-0.2, -0.15) is 0 Å². The largest absolute Gasteiger partial charge is 0.481 e. The summed E-state index contributed by atoms with van der Waals surface area (Å²) in [7, 11) is -3.91. The highest BCUT2D eigenvalue weighted by Crippen LogP contribution is 2.25. The van der Waals surface area contributed by atoms with Crippen LogP contribution in [0, 0.1) is 5.41 Å². The number of sulfonamides is 1. The number of hydrogen-bond donors (Lipinski definition) is 2. The number of carboxylic acid groups (broad SMARTS) is 1. The first-order valence-corrected chi connectivity index (χ1v) is 7.48. The van der Waals surface area contributed by atoms with E-state index in [4.69, 9.17) is 28.3 Å². The third kappa shape index (κ3) is 4.07. The number of carboxylic acids is 1. The third-order valence-electron chi connectivity index (χ3n) is 2.47. The summed E-state index contributed by atoms with van der Waals surface area (Å²) in [6.45, 7) is 2.57. The molecule has 0 bridgehead atoms. The maximum atomic E-state index is 12.0. The molecule has 0 unspecified atom stereocenters. The highest BCUT2D eigenvalue weighted by molar-refractivity contribution is 7.89. The topological polar surface area (TPSA) is 83.5 Å². The summed E-state index contributed by atoms with van der Waals surface area (Å²) in [4.78, 5) is 10.7. The number of halogens is 2. The van der Waals surface area contributed by atoms with Gasteiger partial charge in [-0.15, -0.1) is 0 Å². The van der Waals surface area contributed by atoms with Crippen molar-refractivity contribution < 1.29 is 18.3 Å². The van der Waals surface area contributed by atoms with Crippen LogP contribution in [-0.2, 0) is 14.8 Å². The number of rotatable bonds is 5. The molecule has 0 atom stereocenters. The molecule has 2 N–H and O–H groups in total. The molecule has 1 aromatic carbocycles. The molecule has 19 heavy (non-hydrogen) atoms. The molecule has 0 aliphatic carbocycles. The van der Waals surface area contributed by atoms with Crippen LogP contribution in [0.1, 0.15) is 13.8 Å². The second-order valence-corrected chi connectivity index (χ2v) is 7.17. The van der Waals surface area contributed by atoms with E-state index in [1.165, 1.54) is 32.0 Å². The molecule has 0 radical (unpaired) electrons. The van der Waals surface area contributed by atoms with Gasteiger partial charge >= 0.3 is 5.97 Å². The Labute approximate surface area is 121 Å². The van der Waals surface area contributed by atoms with Gasteiger partial charge in [-0.25, -0.2) is 13.1 Å². The summed E-state index contributed by atoms with van der Waals surface area (Å²) in [5.41, 5.74) is -1.22. The van der Waals surface area contributed by atoms with Crippen LogP contribution in [0.2, 0.25) is 10.0 Å². The number of aliphatic carboxylic acids is 1. The Morgan fingerprint density at radius 1 is 1.37 bits per heavy atom. The summed E-state index contributed by atoms with van der Waals surface area (Å²) in [5.74, 6) is -1.10. The highest BCUT2D eigenvalue weighted by atomic mass is 35.5. The monoisotopic (exact) mass is 325 g/mol. The first-order chi connectivity index (χ1) is 8.56. The van der Waals surface area contributed by atoms with E-state index in [1.807, 2.05) is 0 Å². The summed E-state index contributed by atoms with van der Waals surface area (Å²) >= 11 is 11.5. The van der Waals surface area contributed by atoms with Gasteiger partial charge in [0.15, 0.2) is 0 Å². The molecular formula is C11H13Cl2NO4S. The lowest BCUT2D eigenvalue weighted by Crippen LogP contribution is -2.38. The maximum absolute atomic E-state index is 12.0. The van der Waals surface area contributed by atoms with E-state index >= 15 is 0 Å². The summed E-state index contributed by atoms with van der Waals surface area (Å²) < 4.78 is 26.3. The molecule has 0 saturated carbocycles. The highest BCUT2D eigenvalue weighted by Gasteiger charge is 2.30. The predicted octanol–water partition coefficient (Wildman–Crippen LogP) is 2.38. The number of carbonyl (C=O) groups is 1. The van der Waals surface area contributed by atoms with Crippen molar-refractivity contribution >= 4 is 39.2 Å². The SMILES string of the molecule is CC(C)(CNS(=O)(=O)c1cc(Cl)ccc1Cl)C(=O)O. The van der Waals surface area contributed by atoms with E-state index in [-0.39, 0.29) is 21.5 Å². The Balaban J connectivity index is 3.00. The fourth-order valence-electron chi connectivity index (χ4n) is 1.11. The lowest BCUT2D eigenvalue weighted by Gasteiger charge is -2.19. The average Bonchev–Trinajstić information content (AvgIpc) is 2.30. The van der Waals surface area contributed by atoms with Crippen molar-refractivity contribution in [3.05, 3.63) is 28.2 Å². The van der Waals surface area contributed by atoms with Gasteiger partial charge in [0.25, 0.3) is 0 Å².